The summed E-state index contributed by atoms with van der Waals surface area (Å²) >= 11 is 0. The fourth-order valence-corrected chi connectivity index (χ4v) is 2.03. The monoisotopic (exact) mass is 255 g/mol. The SMILES string of the molecule is O=C(NCc1ccc(Cn2ccnc2)cc1)C1CC1. The van der Waals surface area contributed by atoms with Crippen LogP contribution in [0.25, 0.3) is 0 Å². The molecular weight excluding hydrogens is 238 g/mol. The molecule has 3 rings (SSSR count). The molecule has 0 atom stereocenters. The van der Waals surface area contributed by atoms with Crippen molar-refractivity contribution in [1.82, 2.24) is 14.9 Å². The minimum Gasteiger partial charge on any atom is -0.352 e. The number of hydrogen-bond acceptors (Lipinski definition) is 2. The van der Waals surface area contributed by atoms with E-state index in [1.54, 1.807) is 6.20 Å². The molecule has 1 aromatic carbocycles. The number of aromatic nitrogens is 2. The van der Waals surface area contributed by atoms with Crippen LogP contribution in [0.4, 0.5) is 0 Å². The lowest BCUT2D eigenvalue weighted by Crippen LogP contribution is -2.24. The Hall–Kier alpha value is -2.10. The van der Waals surface area contributed by atoms with Crippen LogP contribution in [0.3, 0.4) is 0 Å². The topological polar surface area (TPSA) is 46.9 Å². The van der Waals surface area contributed by atoms with Crippen LogP contribution < -0.4 is 5.32 Å². The molecule has 0 unspecified atom stereocenters. The summed E-state index contributed by atoms with van der Waals surface area (Å²) in [7, 11) is 0. The number of benzene rings is 1. The van der Waals surface area contributed by atoms with E-state index < -0.39 is 0 Å². The molecule has 4 nitrogen and oxygen atoms in total. The molecule has 1 aromatic heterocycles. The smallest absolute Gasteiger partial charge is 0.223 e. The number of amides is 1. The molecule has 0 saturated heterocycles. The van der Waals surface area contributed by atoms with Gasteiger partial charge in [-0.05, 0) is 24.0 Å². The normalized spacial score (nSPS) is 14.3. The van der Waals surface area contributed by atoms with E-state index in [4.69, 9.17) is 0 Å². The highest BCUT2D eigenvalue weighted by atomic mass is 16.2. The summed E-state index contributed by atoms with van der Waals surface area (Å²) in [5.74, 6) is 0.475. The van der Waals surface area contributed by atoms with Gasteiger partial charge in [0.15, 0.2) is 0 Å². The summed E-state index contributed by atoms with van der Waals surface area (Å²) < 4.78 is 2.03. The second-order valence-corrected chi connectivity index (χ2v) is 5.04. The molecule has 1 fully saturated rings. The van der Waals surface area contributed by atoms with Crippen molar-refractivity contribution in [1.29, 1.82) is 0 Å². The Bertz CT molecular complexity index is 541. The Morgan fingerprint density at radius 2 is 2.00 bits per heavy atom. The van der Waals surface area contributed by atoms with Crippen LogP contribution in [-0.2, 0) is 17.9 Å². The van der Waals surface area contributed by atoms with Crippen LogP contribution in [0.5, 0.6) is 0 Å². The molecule has 19 heavy (non-hydrogen) atoms. The summed E-state index contributed by atoms with van der Waals surface area (Å²) in [6.45, 7) is 1.45. The highest BCUT2D eigenvalue weighted by molar-refractivity contribution is 5.80. The van der Waals surface area contributed by atoms with E-state index in [-0.39, 0.29) is 11.8 Å². The van der Waals surface area contributed by atoms with Crippen LogP contribution in [-0.4, -0.2) is 15.5 Å². The molecule has 98 valence electrons. The first-order valence-electron chi connectivity index (χ1n) is 6.62. The average molecular weight is 255 g/mol. The van der Waals surface area contributed by atoms with E-state index in [0.29, 0.717) is 6.54 Å². The van der Waals surface area contributed by atoms with Gasteiger partial charge >= 0.3 is 0 Å². The Kier molecular flexibility index (Phi) is 3.31. The lowest BCUT2D eigenvalue weighted by Gasteiger charge is -2.06. The molecule has 2 aromatic rings. The Balaban J connectivity index is 1.54. The van der Waals surface area contributed by atoms with Crippen molar-refractivity contribution in [3.8, 4) is 0 Å². The highest BCUT2D eigenvalue weighted by Crippen LogP contribution is 2.28. The van der Waals surface area contributed by atoms with E-state index >= 15 is 0 Å². The minimum absolute atomic E-state index is 0.197. The van der Waals surface area contributed by atoms with E-state index in [0.717, 1.165) is 24.9 Å². The van der Waals surface area contributed by atoms with Gasteiger partial charge in [0.05, 0.1) is 6.33 Å². The number of carbonyl (C=O) groups excluding carboxylic acids is 1. The molecule has 1 heterocycles. The molecular formula is C15H17N3O. The van der Waals surface area contributed by atoms with Gasteiger partial charge in [0.25, 0.3) is 0 Å². The van der Waals surface area contributed by atoms with Crippen molar-refractivity contribution in [2.45, 2.75) is 25.9 Å². The van der Waals surface area contributed by atoms with Crippen molar-refractivity contribution < 1.29 is 4.79 Å². The zero-order valence-corrected chi connectivity index (χ0v) is 10.7. The van der Waals surface area contributed by atoms with Gasteiger partial charge in [-0.15, -0.1) is 0 Å². The first kappa shape index (κ1) is 12.0. The molecule has 0 aliphatic heterocycles. The third-order valence-electron chi connectivity index (χ3n) is 3.36. The van der Waals surface area contributed by atoms with Gasteiger partial charge in [0.2, 0.25) is 5.91 Å². The molecule has 1 aliphatic carbocycles. The molecule has 4 heteroatoms. The van der Waals surface area contributed by atoms with Gasteiger partial charge in [0, 0.05) is 31.4 Å². The first-order chi connectivity index (χ1) is 9.31. The van der Waals surface area contributed by atoms with Crippen molar-refractivity contribution in [2.75, 3.05) is 0 Å². The first-order valence-corrected chi connectivity index (χ1v) is 6.62. The van der Waals surface area contributed by atoms with E-state index in [1.165, 1.54) is 5.56 Å². The summed E-state index contributed by atoms with van der Waals surface area (Å²) in [6, 6.07) is 8.33. The molecule has 1 amide bonds. The minimum atomic E-state index is 0.197. The Morgan fingerprint density at radius 1 is 1.26 bits per heavy atom. The van der Waals surface area contributed by atoms with Crippen molar-refractivity contribution in [3.63, 3.8) is 0 Å². The predicted molar refractivity (Wildman–Crippen MR) is 72.3 cm³/mol. The maximum Gasteiger partial charge on any atom is 0.223 e. The van der Waals surface area contributed by atoms with Gasteiger partial charge in [-0.3, -0.25) is 4.79 Å². The average Bonchev–Trinajstić information content (AvgIpc) is 3.17. The molecule has 0 spiro atoms. The Morgan fingerprint density at radius 3 is 2.63 bits per heavy atom. The van der Waals surface area contributed by atoms with Crippen LogP contribution in [0, 0.1) is 5.92 Å². The van der Waals surface area contributed by atoms with E-state index in [2.05, 4.69) is 34.6 Å². The van der Waals surface area contributed by atoms with Gasteiger partial charge < -0.3 is 9.88 Å². The quantitative estimate of drug-likeness (QED) is 0.887. The maximum atomic E-state index is 11.5. The standard InChI is InChI=1S/C15H17N3O/c19-15(14-5-6-14)17-9-12-1-3-13(4-2-12)10-18-8-7-16-11-18/h1-4,7-8,11,14H,5-6,9-10H2,(H,17,19). The number of hydrogen-bond donors (Lipinski definition) is 1. The zero-order valence-electron chi connectivity index (χ0n) is 10.7. The lowest BCUT2D eigenvalue weighted by molar-refractivity contribution is -0.122. The largest absolute Gasteiger partial charge is 0.352 e. The molecule has 0 bridgehead atoms. The predicted octanol–water partition coefficient (Wildman–Crippen LogP) is 1.96. The van der Waals surface area contributed by atoms with Crippen LogP contribution in [0.1, 0.15) is 24.0 Å². The van der Waals surface area contributed by atoms with Crippen molar-refractivity contribution in [3.05, 3.63) is 54.1 Å². The number of imidazole rings is 1. The fourth-order valence-electron chi connectivity index (χ4n) is 2.03. The van der Waals surface area contributed by atoms with Gasteiger partial charge in [-0.2, -0.15) is 0 Å². The molecule has 1 N–H and O–H groups in total. The number of nitrogens with one attached hydrogen (secondary N) is 1. The number of rotatable bonds is 5. The van der Waals surface area contributed by atoms with Crippen molar-refractivity contribution in [2.24, 2.45) is 5.92 Å². The molecule has 0 radical (unpaired) electrons. The van der Waals surface area contributed by atoms with Gasteiger partial charge in [0.1, 0.15) is 0 Å². The third kappa shape index (κ3) is 3.22. The van der Waals surface area contributed by atoms with E-state index in [1.807, 2.05) is 17.1 Å². The summed E-state index contributed by atoms with van der Waals surface area (Å²) in [4.78, 5) is 15.6. The zero-order chi connectivity index (χ0) is 13.1. The van der Waals surface area contributed by atoms with Gasteiger partial charge in [-0.25, -0.2) is 4.98 Å². The number of carbonyl (C=O) groups is 1. The van der Waals surface area contributed by atoms with Crippen LogP contribution >= 0.6 is 0 Å². The van der Waals surface area contributed by atoms with Gasteiger partial charge in [-0.1, -0.05) is 24.3 Å². The highest BCUT2D eigenvalue weighted by Gasteiger charge is 2.29. The second-order valence-electron chi connectivity index (χ2n) is 5.04. The van der Waals surface area contributed by atoms with Crippen LogP contribution in [0.2, 0.25) is 0 Å². The summed E-state index contributed by atoms with van der Waals surface area (Å²) in [5, 5.41) is 2.97. The second kappa shape index (κ2) is 5.26. The third-order valence-corrected chi connectivity index (χ3v) is 3.36. The Labute approximate surface area is 112 Å². The lowest BCUT2D eigenvalue weighted by atomic mass is 10.1. The maximum absolute atomic E-state index is 11.5. The number of nitrogens with zero attached hydrogens (tertiary/aromatic N) is 2. The summed E-state index contributed by atoms with van der Waals surface area (Å²) in [6.07, 6.45) is 7.64. The molecule has 1 aliphatic rings. The fraction of sp³-hybridized carbons (Fsp3) is 0.333. The molecule has 1 saturated carbocycles. The van der Waals surface area contributed by atoms with Crippen LogP contribution in [0.15, 0.2) is 43.0 Å². The van der Waals surface area contributed by atoms with Crippen molar-refractivity contribution >= 4 is 5.91 Å². The summed E-state index contributed by atoms with van der Waals surface area (Å²) in [5.41, 5.74) is 2.37. The van der Waals surface area contributed by atoms with E-state index in [9.17, 15) is 4.79 Å².